The topological polar surface area (TPSA) is 66.8 Å². The van der Waals surface area contributed by atoms with Crippen molar-refractivity contribution in [3.63, 3.8) is 0 Å². The molecule has 0 aromatic heterocycles. The van der Waals surface area contributed by atoms with Gasteiger partial charge in [-0.15, -0.1) is 6.58 Å². The average molecular weight is 263 g/mol. The summed E-state index contributed by atoms with van der Waals surface area (Å²) in [5.74, 6) is -0.739. The summed E-state index contributed by atoms with van der Waals surface area (Å²) in [5, 5.41) is 8.70. The van der Waals surface area contributed by atoms with Crippen LogP contribution in [0.1, 0.15) is 16.8 Å². The van der Waals surface area contributed by atoms with Gasteiger partial charge in [0, 0.05) is 13.1 Å². The van der Waals surface area contributed by atoms with Crippen LogP contribution in [0.25, 0.3) is 0 Å². The largest absolute Gasteiger partial charge is 0.496 e. The number of hydrogen-bond acceptors (Lipinski definition) is 3. The van der Waals surface area contributed by atoms with Crippen LogP contribution >= 0.6 is 0 Å². The van der Waals surface area contributed by atoms with Crippen LogP contribution in [0.15, 0.2) is 36.9 Å². The molecule has 0 saturated carbocycles. The number of ether oxygens (including phenoxy) is 1. The lowest BCUT2D eigenvalue weighted by atomic mass is 10.1. The minimum absolute atomic E-state index is 0.102. The maximum absolute atomic E-state index is 12.3. The molecule has 1 amide bonds. The Balaban J connectivity index is 2.91. The third-order valence-corrected chi connectivity index (χ3v) is 2.57. The van der Waals surface area contributed by atoms with Crippen molar-refractivity contribution in [2.75, 3.05) is 20.2 Å². The first-order valence-corrected chi connectivity index (χ1v) is 5.85. The fraction of sp³-hybridized carbons (Fsp3) is 0.286. The van der Waals surface area contributed by atoms with E-state index < -0.39 is 5.97 Å². The molecule has 0 radical (unpaired) electrons. The zero-order valence-corrected chi connectivity index (χ0v) is 10.8. The van der Waals surface area contributed by atoms with Crippen LogP contribution in [0.2, 0.25) is 0 Å². The highest BCUT2D eigenvalue weighted by molar-refractivity contribution is 5.97. The molecule has 0 saturated heterocycles. The number of carbonyl (C=O) groups is 2. The number of carboxylic acids is 1. The number of hydrogen-bond donors (Lipinski definition) is 1. The normalized spacial score (nSPS) is 9.74. The number of nitrogens with zero attached hydrogens (tertiary/aromatic N) is 1. The average Bonchev–Trinajstić information content (AvgIpc) is 2.42. The molecule has 102 valence electrons. The number of rotatable bonds is 7. The predicted molar refractivity (Wildman–Crippen MR) is 71.3 cm³/mol. The summed E-state index contributed by atoms with van der Waals surface area (Å²) in [6.07, 6.45) is 1.46. The molecule has 1 rings (SSSR count). The quantitative estimate of drug-likeness (QED) is 0.762. The molecule has 5 heteroatoms. The minimum atomic E-state index is -0.943. The second-order valence-corrected chi connectivity index (χ2v) is 3.88. The van der Waals surface area contributed by atoms with Gasteiger partial charge >= 0.3 is 5.97 Å². The molecule has 19 heavy (non-hydrogen) atoms. The summed E-state index contributed by atoms with van der Waals surface area (Å²) in [6.45, 7) is 4.01. The van der Waals surface area contributed by atoms with Gasteiger partial charge in [-0.1, -0.05) is 18.2 Å². The summed E-state index contributed by atoms with van der Waals surface area (Å²) in [5.41, 5.74) is 0.414. The Hall–Kier alpha value is -2.30. The van der Waals surface area contributed by atoms with Crippen LogP contribution < -0.4 is 4.74 Å². The van der Waals surface area contributed by atoms with Crippen LogP contribution in [0.4, 0.5) is 0 Å². The summed E-state index contributed by atoms with van der Waals surface area (Å²) in [6, 6.07) is 6.85. The Morgan fingerprint density at radius 1 is 1.42 bits per heavy atom. The minimum Gasteiger partial charge on any atom is -0.496 e. The van der Waals surface area contributed by atoms with Crippen molar-refractivity contribution in [1.82, 2.24) is 4.90 Å². The number of carbonyl (C=O) groups excluding carboxylic acids is 1. The highest BCUT2D eigenvalue weighted by Gasteiger charge is 2.18. The van der Waals surface area contributed by atoms with Crippen LogP contribution in [0.5, 0.6) is 5.75 Å². The number of methoxy groups -OCH3 is 1. The summed E-state index contributed by atoms with van der Waals surface area (Å²) in [7, 11) is 1.49. The Kier molecular flexibility index (Phi) is 5.60. The zero-order valence-electron chi connectivity index (χ0n) is 10.8. The van der Waals surface area contributed by atoms with E-state index in [0.717, 1.165) is 0 Å². The van der Waals surface area contributed by atoms with Gasteiger partial charge in [0.25, 0.3) is 5.91 Å². The molecule has 0 heterocycles. The van der Waals surface area contributed by atoms with Crippen LogP contribution in [-0.2, 0) is 4.79 Å². The first kappa shape index (κ1) is 14.8. The van der Waals surface area contributed by atoms with Gasteiger partial charge in [0.15, 0.2) is 0 Å². The highest BCUT2D eigenvalue weighted by atomic mass is 16.5. The molecular weight excluding hydrogens is 246 g/mol. The third-order valence-electron chi connectivity index (χ3n) is 2.57. The Bertz CT molecular complexity index is 470. The van der Waals surface area contributed by atoms with Gasteiger partial charge in [0.05, 0.1) is 19.1 Å². The fourth-order valence-corrected chi connectivity index (χ4v) is 1.65. The lowest BCUT2D eigenvalue weighted by molar-refractivity contribution is -0.137. The molecule has 1 aromatic rings. The van der Waals surface area contributed by atoms with Crippen molar-refractivity contribution in [2.24, 2.45) is 0 Å². The smallest absolute Gasteiger partial charge is 0.305 e. The Labute approximate surface area is 112 Å². The van der Waals surface area contributed by atoms with E-state index in [1.165, 1.54) is 12.0 Å². The van der Waals surface area contributed by atoms with E-state index in [-0.39, 0.29) is 18.9 Å². The van der Waals surface area contributed by atoms with Crippen molar-refractivity contribution >= 4 is 11.9 Å². The van der Waals surface area contributed by atoms with Crippen molar-refractivity contribution in [2.45, 2.75) is 6.42 Å². The van der Waals surface area contributed by atoms with E-state index in [0.29, 0.717) is 17.9 Å². The predicted octanol–water partition coefficient (Wildman–Crippen LogP) is 1.80. The zero-order chi connectivity index (χ0) is 14.3. The lowest BCUT2D eigenvalue weighted by Crippen LogP contribution is -2.33. The molecule has 0 fully saturated rings. The highest BCUT2D eigenvalue weighted by Crippen LogP contribution is 2.19. The van der Waals surface area contributed by atoms with Crippen LogP contribution in [-0.4, -0.2) is 42.1 Å². The monoisotopic (exact) mass is 263 g/mol. The van der Waals surface area contributed by atoms with Crippen molar-refractivity contribution in [3.8, 4) is 5.75 Å². The maximum atomic E-state index is 12.3. The van der Waals surface area contributed by atoms with E-state index in [1.54, 1.807) is 30.3 Å². The molecule has 0 spiro atoms. The molecular formula is C14H17NO4. The summed E-state index contributed by atoms with van der Waals surface area (Å²) >= 11 is 0. The van der Waals surface area contributed by atoms with Crippen LogP contribution in [0.3, 0.4) is 0 Å². The molecule has 1 N–H and O–H groups in total. The van der Waals surface area contributed by atoms with Gasteiger partial charge < -0.3 is 14.7 Å². The Morgan fingerprint density at radius 3 is 2.68 bits per heavy atom. The standard InChI is InChI=1S/C14H17NO4/c1-3-9-15(10-8-13(16)17)14(18)11-6-4-5-7-12(11)19-2/h3-7H,1,8-10H2,2H3,(H,16,17). The number of amides is 1. The number of aliphatic carboxylic acids is 1. The first-order chi connectivity index (χ1) is 9.10. The van der Waals surface area contributed by atoms with E-state index in [4.69, 9.17) is 9.84 Å². The number of carboxylic acid groups (broad SMARTS) is 1. The molecule has 0 unspecified atom stereocenters. The molecule has 0 atom stereocenters. The third kappa shape index (κ3) is 4.13. The molecule has 0 aliphatic rings. The van der Waals surface area contributed by atoms with Gasteiger partial charge in [-0.05, 0) is 12.1 Å². The molecule has 0 aliphatic carbocycles. The van der Waals surface area contributed by atoms with Crippen molar-refractivity contribution < 1.29 is 19.4 Å². The lowest BCUT2D eigenvalue weighted by Gasteiger charge is -2.21. The molecule has 0 aliphatic heterocycles. The second-order valence-electron chi connectivity index (χ2n) is 3.88. The van der Waals surface area contributed by atoms with Gasteiger partial charge in [0.1, 0.15) is 5.75 Å². The summed E-state index contributed by atoms with van der Waals surface area (Å²) in [4.78, 5) is 24.4. The maximum Gasteiger partial charge on any atom is 0.305 e. The second kappa shape index (κ2) is 7.20. The van der Waals surface area contributed by atoms with Gasteiger partial charge in [-0.2, -0.15) is 0 Å². The Morgan fingerprint density at radius 2 is 2.11 bits per heavy atom. The van der Waals surface area contributed by atoms with Gasteiger partial charge in [-0.3, -0.25) is 9.59 Å². The number of benzene rings is 1. The number of para-hydroxylation sites is 1. The SMILES string of the molecule is C=CCN(CCC(=O)O)C(=O)c1ccccc1OC. The van der Waals surface area contributed by atoms with Crippen LogP contribution in [0, 0.1) is 0 Å². The van der Waals surface area contributed by atoms with E-state index in [1.807, 2.05) is 0 Å². The first-order valence-electron chi connectivity index (χ1n) is 5.85. The van der Waals surface area contributed by atoms with E-state index >= 15 is 0 Å². The molecule has 5 nitrogen and oxygen atoms in total. The molecule has 1 aromatic carbocycles. The van der Waals surface area contributed by atoms with E-state index in [9.17, 15) is 9.59 Å². The van der Waals surface area contributed by atoms with Crippen molar-refractivity contribution in [1.29, 1.82) is 0 Å². The summed E-state index contributed by atoms with van der Waals surface area (Å²) < 4.78 is 5.13. The van der Waals surface area contributed by atoms with Gasteiger partial charge in [-0.25, -0.2) is 0 Å². The van der Waals surface area contributed by atoms with Gasteiger partial charge in [0.2, 0.25) is 0 Å². The molecule has 0 bridgehead atoms. The van der Waals surface area contributed by atoms with Crippen molar-refractivity contribution in [3.05, 3.63) is 42.5 Å². The fourth-order valence-electron chi connectivity index (χ4n) is 1.65. The van der Waals surface area contributed by atoms with E-state index in [2.05, 4.69) is 6.58 Å².